The van der Waals surface area contributed by atoms with Gasteiger partial charge in [-0.1, -0.05) is 49.7 Å². The first-order valence-corrected chi connectivity index (χ1v) is 12.3. The first-order chi connectivity index (χ1) is 16.9. The van der Waals surface area contributed by atoms with Crippen molar-refractivity contribution in [1.29, 1.82) is 0 Å². The van der Waals surface area contributed by atoms with Crippen LogP contribution in [-0.4, -0.2) is 66.0 Å². The molecular weight excluding hydrogens is 444 g/mol. The quantitative estimate of drug-likeness (QED) is 0.289. The first kappa shape index (κ1) is 26.3. The number of Topliss-reactive ketones (excluding diaryl/α,β-unsaturated/α-hetero) is 1. The third kappa shape index (κ3) is 5.68. The monoisotopic (exact) mass is 480 g/mol. The van der Waals surface area contributed by atoms with Crippen LogP contribution in [0.3, 0.4) is 0 Å². The van der Waals surface area contributed by atoms with E-state index in [9.17, 15) is 14.7 Å². The smallest absolute Gasteiger partial charge is 0.295 e. The third-order valence-electron chi connectivity index (χ3n) is 6.30. The van der Waals surface area contributed by atoms with Crippen molar-refractivity contribution in [1.82, 2.24) is 9.80 Å². The van der Waals surface area contributed by atoms with Gasteiger partial charge in [-0.2, -0.15) is 0 Å². The van der Waals surface area contributed by atoms with Gasteiger partial charge in [-0.15, -0.1) is 0 Å². The van der Waals surface area contributed by atoms with Gasteiger partial charge < -0.3 is 24.4 Å². The van der Waals surface area contributed by atoms with E-state index in [2.05, 4.69) is 18.7 Å². The molecular formula is C28H36N2O5. The lowest BCUT2D eigenvalue weighted by atomic mass is 9.94. The summed E-state index contributed by atoms with van der Waals surface area (Å²) in [7, 11) is 0. The fourth-order valence-electron chi connectivity index (χ4n) is 4.35. The van der Waals surface area contributed by atoms with Gasteiger partial charge in [0.15, 0.2) is 11.5 Å². The molecule has 1 saturated heterocycles. The molecule has 0 aliphatic carbocycles. The second-order valence-corrected chi connectivity index (χ2v) is 8.46. The molecule has 7 heteroatoms. The molecule has 188 valence electrons. The number of hydrogen-bond donors (Lipinski definition) is 1. The maximum Gasteiger partial charge on any atom is 0.295 e. The summed E-state index contributed by atoms with van der Waals surface area (Å²) in [5.74, 6) is -0.332. The van der Waals surface area contributed by atoms with E-state index in [1.165, 1.54) is 0 Å². The molecule has 0 unspecified atom stereocenters. The normalized spacial score (nSPS) is 17.3. The highest BCUT2D eigenvalue weighted by atomic mass is 16.5. The van der Waals surface area contributed by atoms with Crippen molar-refractivity contribution in [3.63, 3.8) is 0 Å². The summed E-state index contributed by atoms with van der Waals surface area (Å²) < 4.78 is 11.5. The molecule has 1 heterocycles. The molecule has 1 fully saturated rings. The van der Waals surface area contributed by atoms with Crippen LogP contribution in [0, 0.1) is 6.92 Å². The summed E-state index contributed by atoms with van der Waals surface area (Å²) >= 11 is 0. The van der Waals surface area contributed by atoms with Crippen molar-refractivity contribution < 1.29 is 24.2 Å². The molecule has 2 aromatic carbocycles. The molecule has 1 aliphatic heterocycles. The van der Waals surface area contributed by atoms with Crippen molar-refractivity contribution in [3.05, 3.63) is 64.7 Å². The van der Waals surface area contributed by atoms with Gasteiger partial charge in [0.2, 0.25) is 0 Å². The number of nitrogens with zero attached hydrogens (tertiary/aromatic N) is 2. The van der Waals surface area contributed by atoms with Gasteiger partial charge in [0.1, 0.15) is 5.76 Å². The van der Waals surface area contributed by atoms with E-state index >= 15 is 0 Å². The zero-order valence-electron chi connectivity index (χ0n) is 21.3. The molecule has 2 aromatic rings. The molecule has 0 saturated carbocycles. The maximum absolute atomic E-state index is 13.3. The number of aryl methyl sites for hydroxylation is 1. The predicted octanol–water partition coefficient (Wildman–Crippen LogP) is 4.56. The van der Waals surface area contributed by atoms with Crippen LogP contribution >= 0.6 is 0 Å². The highest BCUT2D eigenvalue weighted by molar-refractivity contribution is 6.46. The lowest BCUT2D eigenvalue weighted by Gasteiger charge is -2.28. The minimum atomic E-state index is -0.734. The van der Waals surface area contributed by atoms with Gasteiger partial charge in [-0.3, -0.25) is 9.59 Å². The lowest BCUT2D eigenvalue weighted by molar-refractivity contribution is -0.140. The molecule has 7 nitrogen and oxygen atoms in total. The van der Waals surface area contributed by atoms with Crippen molar-refractivity contribution in [3.8, 4) is 11.5 Å². The molecule has 0 spiro atoms. The number of carbonyl (C=O) groups is 2. The number of likely N-dealkylation sites (tertiary alicyclic amines) is 1. The molecule has 0 bridgehead atoms. The molecule has 0 aromatic heterocycles. The van der Waals surface area contributed by atoms with Crippen LogP contribution in [-0.2, 0) is 9.59 Å². The lowest BCUT2D eigenvalue weighted by Crippen LogP contribution is -2.38. The maximum atomic E-state index is 13.3. The number of ether oxygens (including phenoxy) is 2. The zero-order valence-corrected chi connectivity index (χ0v) is 21.3. The number of aliphatic hydroxyl groups excluding tert-OH is 1. The number of carbonyl (C=O) groups excluding carboxylic acids is 2. The van der Waals surface area contributed by atoms with Crippen molar-refractivity contribution >= 4 is 17.4 Å². The zero-order chi connectivity index (χ0) is 25.5. The Morgan fingerprint density at radius 2 is 1.57 bits per heavy atom. The Labute approximate surface area is 207 Å². The second-order valence-electron chi connectivity index (χ2n) is 8.46. The topological polar surface area (TPSA) is 79.3 Å². The molecule has 1 amide bonds. The van der Waals surface area contributed by atoms with Crippen LogP contribution in [0.2, 0.25) is 0 Å². The molecule has 1 atom stereocenters. The van der Waals surface area contributed by atoms with E-state index in [0.717, 1.165) is 18.7 Å². The van der Waals surface area contributed by atoms with Crippen molar-refractivity contribution in [2.75, 3.05) is 39.4 Å². The van der Waals surface area contributed by atoms with E-state index in [4.69, 9.17) is 9.47 Å². The van der Waals surface area contributed by atoms with Crippen LogP contribution in [0.1, 0.15) is 50.4 Å². The Morgan fingerprint density at radius 1 is 0.943 bits per heavy atom. The van der Waals surface area contributed by atoms with Crippen molar-refractivity contribution in [2.24, 2.45) is 0 Å². The van der Waals surface area contributed by atoms with Gasteiger partial charge in [0, 0.05) is 18.7 Å². The SMILES string of the molecule is CCOc1ccc([C@@H]2C(=C(O)c3ccc(C)cc3)C(=O)C(=O)N2CCN(CC)CC)cc1OCC. The summed E-state index contributed by atoms with van der Waals surface area (Å²) in [6, 6.07) is 11.9. The molecule has 1 aliphatic rings. The molecule has 3 rings (SSSR count). The van der Waals surface area contributed by atoms with Crippen LogP contribution in [0.15, 0.2) is 48.0 Å². The second kappa shape index (κ2) is 11.9. The Balaban J connectivity index is 2.14. The van der Waals surface area contributed by atoms with Gasteiger partial charge in [0.25, 0.3) is 11.7 Å². The van der Waals surface area contributed by atoms with Crippen LogP contribution in [0.4, 0.5) is 0 Å². The van der Waals surface area contributed by atoms with Crippen LogP contribution in [0.5, 0.6) is 11.5 Å². The number of ketones is 1. The number of benzene rings is 2. The van der Waals surface area contributed by atoms with Gasteiger partial charge in [-0.25, -0.2) is 0 Å². The standard InChI is InChI=1S/C28H36N2O5/c1-6-29(7-2)16-17-30-25(21-14-15-22(34-8-3)23(18-21)35-9-4)24(27(32)28(30)33)26(31)20-12-10-19(5)11-13-20/h10-15,18,25,31H,6-9,16-17H2,1-5H3/t25-/m1/s1. The summed E-state index contributed by atoms with van der Waals surface area (Å²) in [5, 5.41) is 11.2. The Bertz CT molecular complexity index is 1070. The van der Waals surface area contributed by atoms with E-state index in [1.54, 1.807) is 29.2 Å². The third-order valence-corrected chi connectivity index (χ3v) is 6.30. The highest BCUT2D eigenvalue weighted by Crippen LogP contribution is 2.42. The van der Waals surface area contributed by atoms with E-state index in [-0.39, 0.29) is 11.3 Å². The Hall–Kier alpha value is -3.32. The number of rotatable bonds is 11. The van der Waals surface area contributed by atoms with E-state index in [0.29, 0.717) is 48.9 Å². The van der Waals surface area contributed by atoms with Crippen molar-refractivity contribution in [2.45, 2.75) is 40.7 Å². The van der Waals surface area contributed by atoms with Gasteiger partial charge in [-0.05, 0) is 51.6 Å². The summed E-state index contributed by atoms with van der Waals surface area (Å²) in [4.78, 5) is 30.2. The fourth-order valence-corrected chi connectivity index (χ4v) is 4.35. The average Bonchev–Trinajstić information content (AvgIpc) is 3.11. The number of hydrogen-bond acceptors (Lipinski definition) is 6. The largest absolute Gasteiger partial charge is 0.507 e. The predicted molar refractivity (Wildman–Crippen MR) is 137 cm³/mol. The van der Waals surface area contributed by atoms with E-state index < -0.39 is 17.7 Å². The van der Waals surface area contributed by atoms with E-state index in [1.807, 2.05) is 39.0 Å². The minimum Gasteiger partial charge on any atom is -0.507 e. The number of amides is 1. The summed E-state index contributed by atoms with van der Waals surface area (Å²) in [5.41, 5.74) is 2.30. The first-order valence-electron chi connectivity index (χ1n) is 12.3. The average molecular weight is 481 g/mol. The summed E-state index contributed by atoms with van der Waals surface area (Å²) in [6.07, 6.45) is 0. The minimum absolute atomic E-state index is 0.0880. The van der Waals surface area contributed by atoms with Gasteiger partial charge >= 0.3 is 0 Å². The molecule has 1 N–H and O–H groups in total. The van der Waals surface area contributed by atoms with Crippen LogP contribution in [0.25, 0.3) is 5.76 Å². The fraction of sp³-hybridized carbons (Fsp3) is 0.429. The summed E-state index contributed by atoms with van der Waals surface area (Å²) in [6.45, 7) is 13.4. The molecule has 0 radical (unpaired) electrons. The molecule has 35 heavy (non-hydrogen) atoms. The number of likely N-dealkylation sites (N-methyl/N-ethyl adjacent to an activating group) is 1. The van der Waals surface area contributed by atoms with Gasteiger partial charge in [0.05, 0.1) is 24.8 Å². The highest BCUT2D eigenvalue weighted by Gasteiger charge is 2.46. The Kier molecular flexibility index (Phi) is 8.93. The van der Waals surface area contributed by atoms with Crippen LogP contribution < -0.4 is 9.47 Å². The number of aliphatic hydroxyl groups is 1. The Morgan fingerprint density at radius 3 is 2.17 bits per heavy atom.